The Labute approximate surface area is 84.9 Å². The molecule has 0 N–H and O–H groups in total. The molecule has 3 heteroatoms. The number of hydrogen-bond acceptors (Lipinski definition) is 3. The molecule has 1 aromatic rings. The Morgan fingerprint density at radius 1 is 1.38 bits per heavy atom. The Morgan fingerprint density at radius 3 is 2.62 bits per heavy atom. The predicted molar refractivity (Wildman–Crippen MR) is 58.4 cm³/mol. The van der Waals surface area contributed by atoms with Crippen molar-refractivity contribution in [3.8, 4) is 5.75 Å². The summed E-state index contributed by atoms with van der Waals surface area (Å²) in [6.45, 7) is 0. The Balaban J connectivity index is 2.88. The second-order valence-corrected chi connectivity index (χ2v) is 3.60. The molecule has 0 aliphatic rings. The van der Waals surface area contributed by atoms with Crippen LogP contribution in [0.15, 0.2) is 24.3 Å². The van der Waals surface area contributed by atoms with E-state index >= 15 is 0 Å². The minimum atomic E-state index is 0.120. The van der Waals surface area contributed by atoms with Gasteiger partial charge in [0.1, 0.15) is 5.75 Å². The maximum atomic E-state index is 5.13. The molecule has 1 rings (SSSR count). The summed E-state index contributed by atoms with van der Waals surface area (Å²) in [5.74, 6) is 0.874. The van der Waals surface area contributed by atoms with Crippen molar-refractivity contribution < 1.29 is 4.74 Å². The maximum Gasteiger partial charge on any atom is 0.119 e. The second kappa shape index (κ2) is 4.53. The van der Waals surface area contributed by atoms with Crippen LogP contribution in [0.25, 0.3) is 0 Å². The third kappa shape index (κ3) is 2.64. The van der Waals surface area contributed by atoms with Crippen molar-refractivity contribution >= 4 is 12.6 Å². The molecule has 0 bridgehead atoms. The van der Waals surface area contributed by atoms with Crippen molar-refractivity contribution in [3.63, 3.8) is 0 Å². The molecule has 72 valence electrons. The van der Waals surface area contributed by atoms with Crippen LogP contribution in [0.5, 0.6) is 5.75 Å². The fourth-order valence-corrected chi connectivity index (χ4v) is 1.26. The van der Waals surface area contributed by atoms with E-state index in [1.165, 1.54) is 0 Å². The van der Waals surface area contributed by atoms with E-state index in [-0.39, 0.29) is 5.37 Å². The van der Waals surface area contributed by atoms with Gasteiger partial charge >= 0.3 is 0 Å². The normalized spacial score (nSPS) is 13.0. The van der Waals surface area contributed by atoms with Crippen LogP contribution in [0.1, 0.15) is 10.9 Å². The number of methoxy groups -OCH3 is 1. The van der Waals surface area contributed by atoms with Crippen LogP contribution >= 0.6 is 12.6 Å². The molecule has 0 aromatic heterocycles. The van der Waals surface area contributed by atoms with E-state index in [2.05, 4.69) is 12.6 Å². The van der Waals surface area contributed by atoms with Gasteiger partial charge in [0.25, 0.3) is 0 Å². The molecule has 0 heterocycles. The van der Waals surface area contributed by atoms with E-state index in [1.807, 2.05) is 43.3 Å². The SMILES string of the molecule is COc1cccc(C(S)N(C)C)c1. The molecule has 0 radical (unpaired) electrons. The largest absolute Gasteiger partial charge is 0.497 e. The molecule has 0 fully saturated rings. The average Bonchev–Trinajstić information content (AvgIpc) is 2.16. The number of rotatable bonds is 3. The summed E-state index contributed by atoms with van der Waals surface area (Å²) in [6.07, 6.45) is 0. The van der Waals surface area contributed by atoms with Crippen LogP contribution in [0, 0.1) is 0 Å². The van der Waals surface area contributed by atoms with Gasteiger partial charge < -0.3 is 4.74 Å². The minimum Gasteiger partial charge on any atom is -0.497 e. The summed E-state index contributed by atoms with van der Waals surface area (Å²) in [5.41, 5.74) is 1.15. The van der Waals surface area contributed by atoms with Crippen molar-refractivity contribution in [2.24, 2.45) is 0 Å². The molecule has 0 amide bonds. The van der Waals surface area contributed by atoms with Gasteiger partial charge in [-0.2, -0.15) is 12.6 Å². The first-order valence-corrected chi connectivity index (χ1v) is 4.65. The lowest BCUT2D eigenvalue weighted by Gasteiger charge is -2.19. The second-order valence-electron chi connectivity index (χ2n) is 3.11. The van der Waals surface area contributed by atoms with E-state index < -0.39 is 0 Å². The van der Waals surface area contributed by atoms with Crippen LogP contribution < -0.4 is 4.74 Å². The summed E-state index contributed by atoms with van der Waals surface area (Å²) in [6, 6.07) is 7.94. The third-order valence-electron chi connectivity index (χ3n) is 1.88. The van der Waals surface area contributed by atoms with Crippen molar-refractivity contribution in [1.82, 2.24) is 4.90 Å². The van der Waals surface area contributed by atoms with E-state index in [9.17, 15) is 0 Å². The van der Waals surface area contributed by atoms with Crippen molar-refractivity contribution in [1.29, 1.82) is 0 Å². The van der Waals surface area contributed by atoms with Gasteiger partial charge in [-0.25, -0.2) is 0 Å². The van der Waals surface area contributed by atoms with Gasteiger partial charge in [0.15, 0.2) is 0 Å². The fourth-order valence-electron chi connectivity index (χ4n) is 1.10. The summed E-state index contributed by atoms with van der Waals surface area (Å²) in [4.78, 5) is 2.04. The van der Waals surface area contributed by atoms with E-state index in [4.69, 9.17) is 4.74 Å². The summed E-state index contributed by atoms with van der Waals surface area (Å²) >= 11 is 4.47. The van der Waals surface area contributed by atoms with Crippen LogP contribution in [-0.2, 0) is 0 Å². The molecule has 0 saturated carbocycles. The van der Waals surface area contributed by atoms with Gasteiger partial charge in [-0.1, -0.05) is 12.1 Å². The highest BCUT2D eigenvalue weighted by molar-refractivity contribution is 7.80. The zero-order chi connectivity index (χ0) is 9.84. The Bertz CT molecular complexity index is 275. The fraction of sp³-hybridized carbons (Fsp3) is 0.400. The van der Waals surface area contributed by atoms with Gasteiger partial charge in [-0.05, 0) is 31.8 Å². The summed E-state index contributed by atoms with van der Waals surface area (Å²) in [5, 5.41) is 0.120. The van der Waals surface area contributed by atoms with Crippen LogP contribution in [0.2, 0.25) is 0 Å². The topological polar surface area (TPSA) is 12.5 Å². The molecular formula is C10H15NOS. The summed E-state index contributed by atoms with van der Waals surface area (Å²) in [7, 11) is 5.66. The minimum absolute atomic E-state index is 0.120. The standard InChI is InChI=1S/C10H15NOS/c1-11(2)10(13)8-5-4-6-9(7-8)12-3/h4-7,10,13H,1-3H3. The zero-order valence-electron chi connectivity index (χ0n) is 8.19. The quantitative estimate of drug-likeness (QED) is 0.589. The highest BCUT2D eigenvalue weighted by Gasteiger charge is 2.08. The monoisotopic (exact) mass is 197 g/mol. The number of nitrogens with zero attached hydrogens (tertiary/aromatic N) is 1. The number of thiol groups is 1. The molecular weight excluding hydrogens is 182 g/mol. The number of hydrogen-bond donors (Lipinski definition) is 1. The zero-order valence-corrected chi connectivity index (χ0v) is 9.08. The lowest BCUT2D eigenvalue weighted by atomic mass is 10.2. The Hall–Kier alpha value is -0.670. The first kappa shape index (κ1) is 10.4. The van der Waals surface area contributed by atoms with Crippen molar-refractivity contribution in [3.05, 3.63) is 29.8 Å². The van der Waals surface area contributed by atoms with Gasteiger partial charge in [0.05, 0.1) is 12.5 Å². The molecule has 1 aromatic carbocycles. The highest BCUT2D eigenvalue weighted by atomic mass is 32.1. The predicted octanol–water partition coefficient (Wildman–Crippen LogP) is 2.19. The molecule has 13 heavy (non-hydrogen) atoms. The number of benzene rings is 1. The van der Waals surface area contributed by atoms with E-state index in [0.29, 0.717) is 0 Å². The van der Waals surface area contributed by atoms with Crippen LogP contribution in [-0.4, -0.2) is 26.1 Å². The average molecular weight is 197 g/mol. The molecule has 0 spiro atoms. The lowest BCUT2D eigenvalue weighted by Crippen LogP contribution is -2.14. The summed E-state index contributed by atoms with van der Waals surface area (Å²) < 4.78 is 5.13. The molecule has 2 nitrogen and oxygen atoms in total. The van der Waals surface area contributed by atoms with Crippen LogP contribution in [0.4, 0.5) is 0 Å². The van der Waals surface area contributed by atoms with Crippen LogP contribution in [0.3, 0.4) is 0 Å². The highest BCUT2D eigenvalue weighted by Crippen LogP contribution is 2.24. The number of ether oxygens (including phenoxy) is 1. The molecule has 1 atom stereocenters. The van der Waals surface area contributed by atoms with Gasteiger partial charge in [-0.3, -0.25) is 4.90 Å². The first-order chi connectivity index (χ1) is 6.15. The maximum absolute atomic E-state index is 5.13. The first-order valence-electron chi connectivity index (χ1n) is 4.13. The van der Waals surface area contributed by atoms with Crippen molar-refractivity contribution in [2.75, 3.05) is 21.2 Å². The van der Waals surface area contributed by atoms with E-state index in [0.717, 1.165) is 11.3 Å². The third-order valence-corrected chi connectivity index (χ3v) is 2.64. The molecule has 0 aliphatic heterocycles. The molecule has 0 aliphatic carbocycles. The van der Waals surface area contributed by atoms with Gasteiger partial charge in [0, 0.05) is 0 Å². The van der Waals surface area contributed by atoms with Gasteiger partial charge in [0.2, 0.25) is 0 Å². The lowest BCUT2D eigenvalue weighted by molar-refractivity contribution is 0.388. The Kier molecular flexibility index (Phi) is 3.63. The van der Waals surface area contributed by atoms with Gasteiger partial charge in [-0.15, -0.1) is 0 Å². The molecule has 0 saturated heterocycles. The smallest absolute Gasteiger partial charge is 0.119 e. The van der Waals surface area contributed by atoms with Crippen molar-refractivity contribution in [2.45, 2.75) is 5.37 Å². The van der Waals surface area contributed by atoms with E-state index in [1.54, 1.807) is 7.11 Å². The Morgan fingerprint density at radius 2 is 2.08 bits per heavy atom. The molecule has 1 unspecified atom stereocenters.